The third kappa shape index (κ3) is 5.35. The van der Waals surface area contributed by atoms with E-state index in [9.17, 15) is 9.59 Å². The third-order valence-corrected chi connectivity index (χ3v) is 4.99. The number of ether oxygens (including phenoxy) is 1. The number of nitrogens with zero attached hydrogens (tertiary/aromatic N) is 2. The Balaban J connectivity index is 1.44. The largest absolute Gasteiger partial charge is 0.460 e. The Morgan fingerprint density at radius 1 is 1.03 bits per heavy atom. The Kier molecular flexibility index (Phi) is 7.01. The number of amides is 1. The molecule has 3 rings (SSSR count). The molecule has 30 heavy (non-hydrogen) atoms. The summed E-state index contributed by atoms with van der Waals surface area (Å²) in [6.07, 6.45) is 2.60. The van der Waals surface area contributed by atoms with Crippen LogP contribution in [0, 0.1) is 20.8 Å². The lowest BCUT2D eigenvalue weighted by atomic mass is 10.1. The fraction of sp³-hybridized carbons (Fsp3) is 0.292. The maximum absolute atomic E-state index is 12.4. The minimum atomic E-state index is -0.443. The van der Waals surface area contributed by atoms with Gasteiger partial charge in [0.25, 0.3) is 0 Å². The molecule has 1 amide bonds. The molecule has 6 heteroatoms. The maximum atomic E-state index is 12.4. The number of nitrogens with one attached hydrogen (secondary N) is 1. The second-order valence-corrected chi connectivity index (χ2v) is 7.31. The Bertz CT molecular complexity index is 1020. The molecule has 0 spiro atoms. The van der Waals surface area contributed by atoms with Crippen LogP contribution in [0.3, 0.4) is 0 Å². The van der Waals surface area contributed by atoms with Crippen LogP contribution in [0.25, 0.3) is 5.69 Å². The van der Waals surface area contributed by atoms with Gasteiger partial charge >= 0.3 is 5.97 Å². The zero-order valence-electron chi connectivity index (χ0n) is 17.6. The van der Waals surface area contributed by atoms with Gasteiger partial charge in [-0.15, -0.1) is 0 Å². The summed E-state index contributed by atoms with van der Waals surface area (Å²) >= 11 is 0. The zero-order chi connectivity index (χ0) is 21.5. The van der Waals surface area contributed by atoms with Crippen LogP contribution in [0.5, 0.6) is 0 Å². The van der Waals surface area contributed by atoms with E-state index in [1.807, 2.05) is 69.3 Å². The lowest BCUT2D eigenvalue weighted by Crippen LogP contribution is -2.28. The molecule has 0 aliphatic heterocycles. The Hall–Kier alpha value is -3.41. The van der Waals surface area contributed by atoms with Crippen LogP contribution in [0.4, 0.5) is 0 Å². The van der Waals surface area contributed by atoms with Crippen molar-refractivity contribution in [1.29, 1.82) is 0 Å². The van der Waals surface area contributed by atoms with Gasteiger partial charge in [-0.05, 0) is 44.4 Å². The average Bonchev–Trinajstić information content (AvgIpc) is 3.12. The Morgan fingerprint density at radius 2 is 1.77 bits per heavy atom. The van der Waals surface area contributed by atoms with Crippen molar-refractivity contribution >= 4 is 11.9 Å². The van der Waals surface area contributed by atoms with Crippen LogP contribution < -0.4 is 5.32 Å². The molecule has 1 aromatic heterocycles. The first-order valence-electron chi connectivity index (χ1n) is 10.1. The number of aromatic nitrogens is 2. The van der Waals surface area contributed by atoms with Crippen molar-refractivity contribution in [2.75, 3.05) is 13.2 Å². The summed E-state index contributed by atoms with van der Waals surface area (Å²) in [5.41, 5.74) is 5.46. The number of benzene rings is 2. The van der Waals surface area contributed by atoms with E-state index in [4.69, 9.17) is 4.74 Å². The molecular formula is C24H27N3O3. The van der Waals surface area contributed by atoms with Gasteiger partial charge in [0, 0.05) is 6.42 Å². The van der Waals surface area contributed by atoms with Crippen molar-refractivity contribution in [3.05, 3.63) is 82.7 Å². The van der Waals surface area contributed by atoms with Crippen molar-refractivity contribution in [2.24, 2.45) is 0 Å². The lowest BCUT2D eigenvalue weighted by Gasteiger charge is -2.09. The molecule has 0 saturated heterocycles. The summed E-state index contributed by atoms with van der Waals surface area (Å²) in [5, 5.41) is 7.12. The van der Waals surface area contributed by atoms with Gasteiger partial charge in [0.05, 0.1) is 24.1 Å². The molecule has 1 N–H and O–H groups in total. The van der Waals surface area contributed by atoms with Crippen LogP contribution in [-0.2, 0) is 16.0 Å². The van der Waals surface area contributed by atoms with Crippen molar-refractivity contribution in [3.63, 3.8) is 0 Å². The normalized spacial score (nSPS) is 10.6. The number of rotatable bonds is 8. The molecule has 0 unspecified atom stereocenters. The predicted molar refractivity (Wildman–Crippen MR) is 116 cm³/mol. The van der Waals surface area contributed by atoms with E-state index in [0.29, 0.717) is 18.4 Å². The molecule has 3 aromatic rings. The zero-order valence-corrected chi connectivity index (χ0v) is 17.6. The van der Waals surface area contributed by atoms with Gasteiger partial charge in [0.1, 0.15) is 12.2 Å². The van der Waals surface area contributed by atoms with Crippen LogP contribution in [0.2, 0.25) is 0 Å². The highest BCUT2D eigenvalue weighted by Crippen LogP contribution is 2.18. The summed E-state index contributed by atoms with van der Waals surface area (Å²) in [7, 11) is 0. The molecule has 6 nitrogen and oxygen atoms in total. The van der Waals surface area contributed by atoms with Gasteiger partial charge in [-0.2, -0.15) is 5.10 Å². The Labute approximate surface area is 176 Å². The molecule has 0 aliphatic carbocycles. The molecule has 1 heterocycles. The van der Waals surface area contributed by atoms with E-state index in [1.54, 1.807) is 4.68 Å². The fourth-order valence-corrected chi connectivity index (χ4v) is 3.17. The molecule has 2 aromatic carbocycles. The maximum Gasteiger partial charge on any atom is 0.341 e. The van der Waals surface area contributed by atoms with Gasteiger partial charge in [-0.1, -0.05) is 48.0 Å². The number of aryl methyl sites for hydroxylation is 3. The van der Waals surface area contributed by atoms with Gasteiger partial charge in [0.2, 0.25) is 5.91 Å². The first-order valence-corrected chi connectivity index (χ1v) is 10.1. The summed E-state index contributed by atoms with van der Waals surface area (Å²) in [4.78, 5) is 24.4. The molecule has 0 atom stereocenters. The smallest absolute Gasteiger partial charge is 0.341 e. The number of hydrogen-bond donors (Lipinski definition) is 1. The van der Waals surface area contributed by atoms with Crippen molar-refractivity contribution < 1.29 is 14.3 Å². The molecule has 156 valence electrons. The minimum Gasteiger partial charge on any atom is -0.460 e. The molecule has 0 bridgehead atoms. The predicted octanol–water partition coefficient (Wildman–Crippen LogP) is 3.70. The van der Waals surface area contributed by atoms with Gasteiger partial charge < -0.3 is 10.1 Å². The second-order valence-electron chi connectivity index (χ2n) is 7.31. The van der Waals surface area contributed by atoms with Crippen LogP contribution in [0.1, 0.15) is 39.2 Å². The van der Waals surface area contributed by atoms with Crippen LogP contribution in [-0.4, -0.2) is 34.8 Å². The van der Waals surface area contributed by atoms with Gasteiger partial charge in [-0.3, -0.25) is 4.79 Å². The monoisotopic (exact) mass is 405 g/mol. The topological polar surface area (TPSA) is 73.2 Å². The van der Waals surface area contributed by atoms with Crippen molar-refractivity contribution in [1.82, 2.24) is 15.1 Å². The number of para-hydroxylation sites is 1. The summed E-state index contributed by atoms with van der Waals surface area (Å²) in [6, 6.07) is 16.0. The SMILES string of the molecule is Cc1ccc(CCC(=O)NCCOC(=O)c2cnn(-c3ccccc3C)c2C)cc1. The highest BCUT2D eigenvalue weighted by molar-refractivity contribution is 5.90. The molecule has 0 radical (unpaired) electrons. The highest BCUT2D eigenvalue weighted by atomic mass is 16.5. The van der Waals surface area contributed by atoms with E-state index in [-0.39, 0.29) is 19.1 Å². The average molecular weight is 405 g/mol. The third-order valence-electron chi connectivity index (χ3n) is 4.99. The van der Waals surface area contributed by atoms with Crippen molar-refractivity contribution in [2.45, 2.75) is 33.6 Å². The molecule has 0 saturated carbocycles. The molecule has 0 aliphatic rings. The summed E-state index contributed by atoms with van der Waals surface area (Å²) < 4.78 is 7.04. The lowest BCUT2D eigenvalue weighted by molar-refractivity contribution is -0.121. The second kappa shape index (κ2) is 9.87. The van der Waals surface area contributed by atoms with E-state index in [0.717, 1.165) is 22.5 Å². The molecule has 0 fully saturated rings. The highest BCUT2D eigenvalue weighted by Gasteiger charge is 2.17. The van der Waals surface area contributed by atoms with E-state index in [2.05, 4.69) is 10.4 Å². The van der Waals surface area contributed by atoms with E-state index < -0.39 is 5.97 Å². The first-order chi connectivity index (χ1) is 14.5. The van der Waals surface area contributed by atoms with Crippen LogP contribution in [0.15, 0.2) is 54.7 Å². The van der Waals surface area contributed by atoms with Crippen LogP contribution >= 0.6 is 0 Å². The molecular weight excluding hydrogens is 378 g/mol. The van der Waals surface area contributed by atoms with Gasteiger partial charge in [-0.25, -0.2) is 9.48 Å². The first kappa shape index (κ1) is 21.3. The quantitative estimate of drug-likeness (QED) is 0.458. The van der Waals surface area contributed by atoms with E-state index >= 15 is 0 Å². The number of carbonyl (C=O) groups excluding carboxylic acids is 2. The van der Waals surface area contributed by atoms with Gasteiger partial charge in [0.15, 0.2) is 0 Å². The number of carbonyl (C=O) groups is 2. The minimum absolute atomic E-state index is 0.0600. The summed E-state index contributed by atoms with van der Waals surface area (Å²) in [6.45, 7) is 6.26. The fourth-order valence-electron chi connectivity index (χ4n) is 3.17. The number of hydrogen-bond acceptors (Lipinski definition) is 4. The van der Waals surface area contributed by atoms with E-state index in [1.165, 1.54) is 11.8 Å². The Morgan fingerprint density at radius 3 is 2.50 bits per heavy atom. The number of esters is 1. The standard InChI is InChI=1S/C24H27N3O3/c1-17-8-10-20(11-9-17)12-13-23(28)25-14-15-30-24(29)21-16-26-27(19(21)3)22-7-5-4-6-18(22)2/h4-11,16H,12-15H2,1-3H3,(H,25,28). The summed E-state index contributed by atoms with van der Waals surface area (Å²) in [5.74, 6) is -0.503. The van der Waals surface area contributed by atoms with Crippen molar-refractivity contribution in [3.8, 4) is 5.69 Å².